The van der Waals surface area contributed by atoms with Gasteiger partial charge in [0.15, 0.2) is 0 Å². The summed E-state index contributed by atoms with van der Waals surface area (Å²) in [7, 11) is 1.97. The number of carbonyl (C=O) groups excluding carboxylic acids is 1. The van der Waals surface area contributed by atoms with E-state index in [-0.39, 0.29) is 5.91 Å². The lowest BCUT2D eigenvalue weighted by Crippen LogP contribution is -2.30. The van der Waals surface area contributed by atoms with Crippen molar-refractivity contribution >= 4 is 11.6 Å². The number of nitrogens with zero attached hydrogens (tertiary/aromatic N) is 1. The van der Waals surface area contributed by atoms with Gasteiger partial charge in [-0.25, -0.2) is 0 Å². The molecule has 0 saturated heterocycles. The molecule has 0 aromatic heterocycles. The van der Waals surface area contributed by atoms with Crippen LogP contribution < -0.4 is 5.32 Å². The Hall–Kier alpha value is -2.13. The first-order valence-corrected chi connectivity index (χ1v) is 7.56. The standard InChI is InChI=1S/C19H24N2O/c1-14-8-5-6-11-17(14)12-21(4)13-18(22)20-19-15(2)9-7-10-16(19)3/h5-11H,12-13H2,1-4H3,(H,20,22). The van der Waals surface area contributed by atoms with Crippen molar-refractivity contribution in [1.29, 1.82) is 0 Å². The van der Waals surface area contributed by atoms with Gasteiger partial charge in [0.2, 0.25) is 5.91 Å². The van der Waals surface area contributed by atoms with Crippen LogP contribution in [-0.4, -0.2) is 24.4 Å². The van der Waals surface area contributed by atoms with Crippen molar-refractivity contribution in [2.24, 2.45) is 0 Å². The van der Waals surface area contributed by atoms with Crippen LogP contribution >= 0.6 is 0 Å². The number of anilines is 1. The van der Waals surface area contributed by atoms with E-state index >= 15 is 0 Å². The maximum absolute atomic E-state index is 12.2. The maximum atomic E-state index is 12.2. The number of hydrogen-bond acceptors (Lipinski definition) is 2. The van der Waals surface area contributed by atoms with Crippen molar-refractivity contribution in [3.63, 3.8) is 0 Å². The first-order chi connectivity index (χ1) is 10.5. The van der Waals surface area contributed by atoms with E-state index in [2.05, 4.69) is 24.4 Å². The van der Waals surface area contributed by atoms with Gasteiger partial charge in [-0.05, 0) is 50.1 Å². The fourth-order valence-corrected chi connectivity index (χ4v) is 2.57. The lowest BCUT2D eigenvalue weighted by Gasteiger charge is -2.18. The minimum atomic E-state index is 0.0217. The molecule has 0 saturated carbocycles. The van der Waals surface area contributed by atoms with Gasteiger partial charge in [-0.15, -0.1) is 0 Å². The molecule has 1 N–H and O–H groups in total. The highest BCUT2D eigenvalue weighted by molar-refractivity contribution is 5.93. The molecule has 0 aliphatic carbocycles. The van der Waals surface area contributed by atoms with E-state index in [1.807, 2.05) is 56.1 Å². The van der Waals surface area contributed by atoms with Crippen molar-refractivity contribution in [1.82, 2.24) is 4.90 Å². The molecule has 0 aliphatic heterocycles. The zero-order valence-corrected chi connectivity index (χ0v) is 13.8. The van der Waals surface area contributed by atoms with Gasteiger partial charge in [0.1, 0.15) is 0 Å². The molecule has 3 heteroatoms. The smallest absolute Gasteiger partial charge is 0.238 e. The maximum Gasteiger partial charge on any atom is 0.238 e. The van der Waals surface area contributed by atoms with E-state index in [9.17, 15) is 4.79 Å². The number of aryl methyl sites for hydroxylation is 3. The van der Waals surface area contributed by atoms with Gasteiger partial charge in [-0.2, -0.15) is 0 Å². The number of para-hydroxylation sites is 1. The highest BCUT2D eigenvalue weighted by Crippen LogP contribution is 2.19. The van der Waals surface area contributed by atoms with Crippen LogP contribution in [-0.2, 0) is 11.3 Å². The van der Waals surface area contributed by atoms with Crippen molar-refractivity contribution in [2.45, 2.75) is 27.3 Å². The highest BCUT2D eigenvalue weighted by atomic mass is 16.2. The monoisotopic (exact) mass is 296 g/mol. The summed E-state index contributed by atoms with van der Waals surface area (Å²) in [6, 6.07) is 14.3. The molecule has 0 spiro atoms. The second-order valence-electron chi connectivity index (χ2n) is 5.91. The molecule has 2 aromatic carbocycles. The van der Waals surface area contributed by atoms with Gasteiger partial charge in [0, 0.05) is 12.2 Å². The predicted octanol–water partition coefficient (Wildman–Crippen LogP) is 3.68. The summed E-state index contributed by atoms with van der Waals surface area (Å²) in [6.07, 6.45) is 0. The summed E-state index contributed by atoms with van der Waals surface area (Å²) in [4.78, 5) is 14.3. The Bertz CT molecular complexity index is 644. The Labute approximate surface area is 133 Å². The minimum absolute atomic E-state index is 0.0217. The first-order valence-electron chi connectivity index (χ1n) is 7.56. The molecule has 0 fully saturated rings. The average molecular weight is 296 g/mol. The number of nitrogens with one attached hydrogen (secondary N) is 1. The molecule has 0 radical (unpaired) electrons. The molecule has 0 bridgehead atoms. The van der Waals surface area contributed by atoms with Gasteiger partial charge in [0.05, 0.1) is 6.54 Å². The Morgan fingerprint density at radius 3 is 2.18 bits per heavy atom. The van der Waals surface area contributed by atoms with E-state index in [0.29, 0.717) is 6.54 Å². The Morgan fingerprint density at radius 1 is 0.955 bits per heavy atom. The number of rotatable bonds is 5. The molecule has 116 valence electrons. The summed E-state index contributed by atoms with van der Waals surface area (Å²) in [5.74, 6) is 0.0217. The molecule has 2 aromatic rings. The Balaban J connectivity index is 1.96. The Morgan fingerprint density at radius 2 is 1.55 bits per heavy atom. The van der Waals surface area contributed by atoms with Gasteiger partial charge in [-0.1, -0.05) is 42.5 Å². The van der Waals surface area contributed by atoms with E-state index in [1.54, 1.807) is 0 Å². The first kappa shape index (κ1) is 16.2. The van der Waals surface area contributed by atoms with Crippen LogP contribution in [0.25, 0.3) is 0 Å². The molecule has 3 nitrogen and oxygen atoms in total. The lowest BCUT2D eigenvalue weighted by molar-refractivity contribution is -0.117. The van der Waals surface area contributed by atoms with Gasteiger partial charge < -0.3 is 5.32 Å². The lowest BCUT2D eigenvalue weighted by atomic mass is 10.1. The number of hydrogen-bond donors (Lipinski definition) is 1. The molecule has 22 heavy (non-hydrogen) atoms. The molecule has 0 atom stereocenters. The normalized spacial score (nSPS) is 10.8. The quantitative estimate of drug-likeness (QED) is 0.913. The van der Waals surface area contributed by atoms with E-state index in [1.165, 1.54) is 11.1 Å². The van der Waals surface area contributed by atoms with E-state index < -0.39 is 0 Å². The topological polar surface area (TPSA) is 32.3 Å². The largest absolute Gasteiger partial charge is 0.324 e. The third-order valence-electron chi connectivity index (χ3n) is 3.86. The van der Waals surface area contributed by atoms with Gasteiger partial charge in [0.25, 0.3) is 0 Å². The van der Waals surface area contributed by atoms with Crippen molar-refractivity contribution in [3.05, 3.63) is 64.7 Å². The SMILES string of the molecule is Cc1ccccc1CN(C)CC(=O)Nc1c(C)cccc1C. The summed E-state index contributed by atoms with van der Waals surface area (Å²) >= 11 is 0. The van der Waals surface area contributed by atoms with Crippen LogP contribution in [0.5, 0.6) is 0 Å². The second kappa shape index (κ2) is 7.23. The summed E-state index contributed by atoms with van der Waals surface area (Å²) in [5.41, 5.74) is 5.62. The fraction of sp³-hybridized carbons (Fsp3) is 0.316. The number of amides is 1. The molecular weight excluding hydrogens is 272 g/mol. The molecule has 0 heterocycles. The summed E-state index contributed by atoms with van der Waals surface area (Å²) in [5, 5.41) is 3.03. The van der Waals surface area contributed by atoms with Crippen LogP contribution in [0.2, 0.25) is 0 Å². The summed E-state index contributed by atoms with van der Waals surface area (Å²) in [6.45, 7) is 7.27. The Kier molecular flexibility index (Phi) is 5.34. The zero-order chi connectivity index (χ0) is 16.1. The third kappa shape index (κ3) is 4.18. The molecular formula is C19H24N2O. The van der Waals surface area contributed by atoms with Crippen LogP contribution in [0.15, 0.2) is 42.5 Å². The number of carbonyl (C=O) groups is 1. The van der Waals surface area contributed by atoms with Crippen LogP contribution in [0, 0.1) is 20.8 Å². The van der Waals surface area contributed by atoms with Crippen molar-refractivity contribution < 1.29 is 4.79 Å². The summed E-state index contributed by atoms with van der Waals surface area (Å²) < 4.78 is 0. The van der Waals surface area contributed by atoms with E-state index in [0.717, 1.165) is 23.4 Å². The van der Waals surface area contributed by atoms with Crippen LogP contribution in [0.4, 0.5) is 5.69 Å². The minimum Gasteiger partial charge on any atom is -0.324 e. The third-order valence-corrected chi connectivity index (χ3v) is 3.86. The predicted molar refractivity (Wildman–Crippen MR) is 92.1 cm³/mol. The zero-order valence-electron chi connectivity index (χ0n) is 13.8. The average Bonchev–Trinajstić information content (AvgIpc) is 2.45. The van der Waals surface area contributed by atoms with Crippen molar-refractivity contribution in [3.8, 4) is 0 Å². The van der Waals surface area contributed by atoms with Crippen LogP contribution in [0.1, 0.15) is 22.3 Å². The molecule has 0 aliphatic rings. The number of benzene rings is 2. The molecule has 2 rings (SSSR count). The highest BCUT2D eigenvalue weighted by Gasteiger charge is 2.10. The van der Waals surface area contributed by atoms with Gasteiger partial charge >= 0.3 is 0 Å². The number of likely N-dealkylation sites (N-methyl/N-ethyl adjacent to an activating group) is 1. The van der Waals surface area contributed by atoms with Crippen LogP contribution in [0.3, 0.4) is 0 Å². The second-order valence-corrected chi connectivity index (χ2v) is 5.91. The molecule has 1 amide bonds. The van der Waals surface area contributed by atoms with Gasteiger partial charge in [-0.3, -0.25) is 9.69 Å². The van der Waals surface area contributed by atoms with Crippen molar-refractivity contribution in [2.75, 3.05) is 18.9 Å². The fourth-order valence-electron chi connectivity index (χ4n) is 2.57. The van der Waals surface area contributed by atoms with E-state index in [4.69, 9.17) is 0 Å². The molecule has 0 unspecified atom stereocenters.